The molecule has 0 aliphatic heterocycles. The van der Waals surface area contributed by atoms with Crippen LogP contribution in [0.25, 0.3) is 10.8 Å². The van der Waals surface area contributed by atoms with Gasteiger partial charge in [-0.25, -0.2) is 0 Å². The molecule has 3 aromatic rings. The summed E-state index contributed by atoms with van der Waals surface area (Å²) in [5.41, 5.74) is 1.63. The SMILES string of the molecule is Oc1ccc2ccccc2c1/C=N/N=C\c1ccc(Br)cc1. The van der Waals surface area contributed by atoms with Gasteiger partial charge in [0.05, 0.1) is 12.4 Å². The van der Waals surface area contributed by atoms with Crippen molar-refractivity contribution < 1.29 is 5.11 Å². The number of hydrogen-bond donors (Lipinski definition) is 1. The summed E-state index contributed by atoms with van der Waals surface area (Å²) in [5, 5.41) is 20.1. The fourth-order valence-electron chi connectivity index (χ4n) is 2.16. The van der Waals surface area contributed by atoms with E-state index in [2.05, 4.69) is 26.1 Å². The fourth-order valence-corrected chi connectivity index (χ4v) is 2.42. The number of benzene rings is 3. The van der Waals surface area contributed by atoms with E-state index in [1.807, 2.05) is 54.6 Å². The van der Waals surface area contributed by atoms with Gasteiger partial charge < -0.3 is 5.11 Å². The number of phenols is 1. The normalized spacial score (nSPS) is 11.7. The van der Waals surface area contributed by atoms with Crippen LogP contribution in [0.4, 0.5) is 0 Å². The van der Waals surface area contributed by atoms with Crippen molar-refractivity contribution >= 4 is 39.1 Å². The molecule has 1 N–H and O–H groups in total. The summed E-state index contributed by atoms with van der Waals surface area (Å²) in [6.07, 6.45) is 3.25. The maximum Gasteiger partial charge on any atom is 0.125 e. The Bertz CT molecular complexity index is 855. The second-order valence-electron chi connectivity index (χ2n) is 4.76. The number of aromatic hydroxyl groups is 1. The molecule has 108 valence electrons. The third kappa shape index (κ3) is 3.23. The molecule has 0 heterocycles. The van der Waals surface area contributed by atoms with Crippen LogP contribution < -0.4 is 0 Å². The Balaban J connectivity index is 1.86. The molecule has 22 heavy (non-hydrogen) atoms. The maximum absolute atomic E-state index is 10.0. The fraction of sp³-hybridized carbons (Fsp3) is 0. The summed E-state index contributed by atoms with van der Waals surface area (Å²) >= 11 is 3.39. The molecule has 0 spiro atoms. The van der Waals surface area contributed by atoms with E-state index in [9.17, 15) is 5.11 Å². The van der Waals surface area contributed by atoms with Gasteiger partial charge in [-0.15, -0.1) is 0 Å². The molecule has 0 aliphatic rings. The molecule has 3 rings (SSSR count). The van der Waals surface area contributed by atoms with Gasteiger partial charge in [-0.05, 0) is 34.5 Å². The molecule has 3 aromatic carbocycles. The molecule has 0 radical (unpaired) electrons. The summed E-state index contributed by atoms with van der Waals surface area (Å²) in [5.74, 6) is 0.196. The van der Waals surface area contributed by atoms with E-state index in [1.54, 1.807) is 18.5 Å². The Hall–Kier alpha value is -2.46. The molecule has 0 fully saturated rings. The highest BCUT2D eigenvalue weighted by Crippen LogP contribution is 2.25. The zero-order valence-corrected chi connectivity index (χ0v) is 13.2. The molecule has 0 unspecified atom stereocenters. The first kappa shape index (κ1) is 14.5. The van der Waals surface area contributed by atoms with Gasteiger partial charge in [0.15, 0.2) is 0 Å². The first-order valence-corrected chi connectivity index (χ1v) is 7.56. The highest BCUT2D eigenvalue weighted by atomic mass is 79.9. The first-order valence-electron chi connectivity index (χ1n) is 6.77. The molecule has 0 aromatic heterocycles. The molecule has 3 nitrogen and oxygen atoms in total. The minimum Gasteiger partial charge on any atom is -0.507 e. The average molecular weight is 353 g/mol. The quantitative estimate of drug-likeness (QED) is 0.535. The molecule has 4 heteroatoms. The van der Waals surface area contributed by atoms with Gasteiger partial charge in [0.25, 0.3) is 0 Å². The van der Waals surface area contributed by atoms with Crippen molar-refractivity contribution in [1.29, 1.82) is 0 Å². The number of phenolic OH excluding ortho intramolecular Hbond substituents is 1. The summed E-state index contributed by atoms with van der Waals surface area (Å²) in [6.45, 7) is 0. The molecule has 0 saturated carbocycles. The molecular weight excluding hydrogens is 340 g/mol. The van der Waals surface area contributed by atoms with Crippen LogP contribution in [0.1, 0.15) is 11.1 Å². The van der Waals surface area contributed by atoms with Crippen molar-refractivity contribution in [2.24, 2.45) is 10.2 Å². The van der Waals surface area contributed by atoms with Gasteiger partial charge in [-0.2, -0.15) is 10.2 Å². The van der Waals surface area contributed by atoms with Crippen molar-refractivity contribution in [1.82, 2.24) is 0 Å². The molecular formula is C18H13BrN2O. The van der Waals surface area contributed by atoms with Crippen molar-refractivity contribution in [3.05, 3.63) is 76.3 Å². The van der Waals surface area contributed by atoms with Crippen LogP contribution in [-0.4, -0.2) is 17.5 Å². The Morgan fingerprint density at radius 2 is 1.55 bits per heavy atom. The number of hydrogen-bond acceptors (Lipinski definition) is 3. The topological polar surface area (TPSA) is 45.0 Å². The summed E-state index contributed by atoms with van der Waals surface area (Å²) in [4.78, 5) is 0. The number of fused-ring (bicyclic) bond motifs is 1. The van der Waals surface area contributed by atoms with E-state index in [0.29, 0.717) is 5.56 Å². The lowest BCUT2D eigenvalue weighted by Gasteiger charge is -2.03. The number of rotatable bonds is 3. The second kappa shape index (κ2) is 6.54. The van der Waals surface area contributed by atoms with Gasteiger partial charge in [0.2, 0.25) is 0 Å². The Morgan fingerprint density at radius 1 is 0.818 bits per heavy atom. The molecule has 0 atom stereocenters. The van der Waals surface area contributed by atoms with Crippen LogP contribution in [0.2, 0.25) is 0 Å². The zero-order valence-electron chi connectivity index (χ0n) is 11.6. The van der Waals surface area contributed by atoms with E-state index in [0.717, 1.165) is 20.8 Å². The largest absolute Gasteiger partial charge is 0.507 e. The lowest BCUT2D eigenvalue weighted by atomic mass is 10.0. The van der Waals surface area contributed by atoms with E-state index < -0.39 is 0 Å². The highest BCUT2D eigenvalue weighted by Gasteiger charge is 2.03. The Labute approximate surface area is 136 Å². The lowest BCUT2D eigenvalue weighted by molar-refractivity contribution is 0.475. The van der Waals surface area contributed by atoms with Gasteiger partial charge in [0, 0.05) is 10.0 Å². The van der Waals surface area contributed by atoms with Crippen LogP contribution in [0, 0.1) is 0 Å². The Morgan fingerprint density at radius 3 is 2.36 bits per heavy atom. The maximum atomic E-state index is 10.0. The predicted octanol–water partition coefficient (Wildman–Crippen LogP) is 4.76. The minimum atomic E-state index is 0.196. The number of nitrogens with zero attached hydrogens (tertiary/aromatic N) is 2. The van der Waals surface area contributed by atoms with Crippen molar-refractivity contribution in [3.8, 4) is 5.75 Å². The van der Waals surface area contributed by atoms with Crippen molar-refractivity contribution in [2.45, 2.75) is 0 Å². The van der Waals surface area contributed by atoms with Gasteiger partial charge >= 0.3 is 0 Å². The molecule has 0 amide bonds. The van der Waals surface area contributed by atoms with Crippen LogP contribution >= 0.6 is 15.9 Å². The average Bonchev–Trinajstić information content (AvgIpc) is 2.55. The van der Waals surface area contributed by atoms with Crippen LogP contribution in [0.5, 0.6) is 5.75 Å². The molecule has 0 bridgehead atoms. The van der Waals surface area contributed by atoms with Crippen LogP contribution in [0.3, 0.4) is 0 Å². The minimum absolute atomic E-state index is 0.196. The van der Waals surface area contributed by atoms with Gasteiger partial charge in [-0.3, -0.25) is 0 Å². The lowest BCUT2D eigenvalue weighted by Crippen LogP contribution is -1.86. The number of halogens is 1. The summed E-state index contributed by atoms with van der Waals surface area (Å²) < 4.78 is 1.02. The van der Waals surface area contributed by atoms with Crippen LogP contribution in [0.15, 0.2) is 75.3 Å². The van der Waals surface area contributed by atoms with Crippen molar-refractivity contribution in [2.75, 3.05) is 0 Å². The smallest absolute Gasteiger partial charge is 0.125 e. The second-order valence-corrected chi connectivity index (χ2v) is 5.68. The summed E-state index contributed by atoms with van der Waals surface area (Å²) in [7, 11) is 0. The molecule has 0 saturated heterocycles. The van der Waals surface area contributed by atoms with E-state index in [1.165, 1.54) is 0 Å². The Kier molecular flexibility index (Phi) is 4.30. The predicted molar refractivity (Wildman–Crippen MR) is 94.9 cm³/mol. The molecule has 0 aliphatic carbocycles. The van der Waals surface area contributed by atoms with E-state index in [4.69, 9.17) is 0 Å². The van der Waals surface area contributed by atoms with E-state index in [-0.39, 0.29) is 5.75 Å². The van der Waals surface area contributed by atoms with Gasteiger partial charge in [-0.1, -0.05) is 58.4 Å². The highest BCUT2D eigenvalue weighted by molar-refractivity contribution is 9.10. The third-order valence-corrected chi connectivity index (χ3v) is 3.81. The third-order valence-electron chi connectivity index (χ3n) is 3.28. The first-order chi connectivity index (χ1) is 10.7. The summed E-state index contributed by atoms with van der Waals surface area (Å²) in [6, 6.07) is 19.2. The standard InChI is InChI=1S/C18H13BrN2O/c19-15-8-5-13(6-9-15)11-20-21-12-17-16-4-2-1-3-14(16)7-10-18(17)22/h1-12,22H/b20-11-,21-12+. The van der Waals surface area contributed by atoms with Crippen LogP contribution in [-0.2, 0) is 0 Å². The van der Waals surface area contributed by atoms with E-state index >= 15 is 0 Å². The van der Waals surface area contributed by atoms with Gasteiger partial charge in [0.1, 0.15) is 5.75 Å². The monoisotopic (exact) mass is 352 g/mol. The zero-order chi connectivity index (χ0) is 15.4. The van der Waals surface area contributed by atoms with Crippen molar-refractivity contribution in [3.63, 3.8) is 0 Å².